The molecule has 2 N–H and O–H groups in total. The second-order valence-electron chi connectivity index (χ2n) is 4.65. The summed E-state index contributed by atoms with van der Waals surface area (Å²) >= 11 is 0. The van der Waals surface area contributed by atoms with Gasteiger partial charge < -0.3 is 15.2 Å². The van der Waals surface area contributed by atoms with Crippen molar-refractivity contribution in [1.29, 1.82) is 0 Å². The van der Waals surface area contributed by atoms with Crippen LogP contribution in [0.1, 0.15) is 18.1 Å². The number of fused-ring (bicyclic) bond motifs is 1. The zero-order valence-corrected chi connectivity index (χ0v) is 10.4. The Kier molecular flexibility index (Phi) is 2.94. The molecule has 3 rings (SSSR count). The van der Waals surface area contributed by atoms with Crippen LogP contribution in [-0.2, 0) is 4.74 Å². The Morgan fingerprint density at radius 2 is 1.94 bits per heavy atom. The van der Waals surface area contributed by atoms with Crippen molar-refractivity contribution in [3.63, 3.8) is 0 Å². The van der Waals surface area contributed by atoms with Crippen LogP contribution in [-0.4, -0.2) is 19.8 Å². The molecule has 1 aliphatic rings. The van der Waals surface area contributed by atoms with Crippen molar-refractivity contribution in [1.82, 2.24) is 0 Å². The van der Waals surface area contributed by atoms with E-state index in [9.17, 15) is 0 Å². The van der Waals surface area contributed by atoms with Crippen LogP contribution in [0.3, 0.4) is 0 Å². The number of benzene rings is 2. The minimum Gasteiger partial charge on any atom is -0.496 e. The smallest absolute Gasteiger partial charge is 0.126 e. The van der Waals surface area contributed by atoms with Crippen molar-refractivity contribution < 1.29 is 9.47 Å². The molecule has 0 amide bonds. The van der Waals surface area contributed by atoms with E-state index in [4.69, 9.17) is 15.2 Å². The molecule has 1 fully saturated rings. The molecule has 2 unspecified atom stereocenters. The number of hydrogen-bond donors (Lipinski definition) is 1. The summed E-state index contributed by atoms with van der Waals surface area (Å²) in [6, 6.07) is 12.4. The van der Waals surface area contributed by atoms with Crippen LogP contribution in [0.5, 0.6) is 5.75 Å². The van der Waals surface area contributed by atoms with Crippen LogP contribution in [0.15, 0.2) is 36.4 Å². The average molecular weight is 243 g/mol. The summed E-state index contributed by atoms with van der Waals surface area (Å²) in [5, 5.41) is 2.28. The van der Waals surface area contributed by atoms with Gasteiger partial charge in [-0.05, 0) is 23.4 Å². The Hall–Kier alpha value is -1.58. The molecule has 0 bridgehead atoms. The van der Waals surface area contributed by atoms with Gasteiger partial charge in [-0.25, -0.2) is 0 Å². The van der Waals surface area contributed by atoms with Crippen molar-refractivity contribution in [3.8, 4) is 5.75 Å². The van der Waals surface area contributed by atoms with Gasteiger partial charge in [-0.2, -0.15) is 0 Å². The summed E-state index contributed by atoms with van der Waals surface area (Å²) in [7, 11) is 1.69. The Morgan fingerprint density at radius 1 is 1.17 bits per heavy atom. The largest absolute Gasteiger partial charge is 0.496 e. The lowest BCUT2D eigenvalue weighted by atomic mass is 9.96. The average Bonchev–Trinajstić information content (AvgIpc) is 2.83. The summed E-state index contributed by atoms with van der Waals surface area (Å²) in [5.41, 5.74) is 7.28. The van der Waals surface area contributed by atoms with Gasteiger partial charge in [0.15, 0.2) is 0 Å². The predicted molar refractivity (Wildman–Crippen MR) is 71.8 cm³/mol. The third-order valence-corrected chi connectivity index (χ3v) is 3.58. The van der Waals surface area contributed by atoms with Crippen molar-refractivity contribution in [2.45, 2.75) is 18.6 Å². The van der Waals surface area contributed by atoms with E-state index in [1.807, 2.05) is 18.2 Å². The fourth-order valence-electron chi connectivity index (χ4n) is 2.65. The highest BCUT2D eigenvalue weighted by atomic mass is 16.5. The number of hydrogen-bond acceptors (Lipinski definition) is 3. The highest BCUT2D eigenvalue weighted by molar-refractivity contribution is 5.91. The van der Waals surface area contributed by atoms with Gasteiger partial charge in [0.1, 0.15) is 5.75 Å². The topological polar surface area (TPSA) is 44.5 Å². The van der Waals surface area contributed by atoms with Gasteiger partial charge in [-0.15, -0.1) is 0 Å². The van der Waals surface area contributed by atoms with Gasteiger partial charge in [0, 0.05) is 18.0 Å². The molecule has 1 aliphatic heterocycles. The molecule has 0 radical (unpaired) electrons. The Bertz CT molecular complexity index is 567. The molecule has 1 heterocycles. The Balaban J connectivity index is 2.18. The molecule has 2 aromatic carbocycles. The standard InChI is InChI=1S/C15H17NO2/c1-17-14-7-6-12(15-13(16)8-9-18-15)10-4-2-3-5-11(10)14/h2-7,13,15H,8-9,16H2,1H3. The number of ether oxygens (including phenoxy) is 2. The van der Waals surface area contributed by atoms with E-state index in [1.54, 1.807) is 7.11 Å². The summed E-state index contributed by atoms with van der Waals surface area (Å²) in [5.74, 6) is 0.890. The molecule has 3 heteroatoms. The van der Waals surface area contributed by atoms with E-state index in [2.05, 4.69) is 18.2 Å². The molecule has 18 heavy (non-hydrogen) atoms. The molecule has 2 aromatic rings. The van der Waals surface area contributed by atoms with Gasteiger partial charge in [-0.1, -0.05) is 30.3 Å². The third-order valence-electron chi connectivity index (χ3n) is 3.58. The molecular weight excluding hydrogens is 226 g/mol. The minimum absolute atomic E-state index is 0.000746. The molecule has 0 spiro atoms. The molecule has 0 aliphatic carbocycles. The van der Waals surface area contributed by atoms with E-state index in [0.29, 0.717) is 0 Å². The van der Waals surface area contributed by atoms with E-state index in [1.165, 1.54) is 5.39 Å². The maximum Gasteiger partial charge on any atom is 0.126 e. The fraction of sp³-hybridized carbons (Fsp3) is 0.333. The SMILES string of the molecule is COc1ccc(C2OCCC2N)c2ccccc12. The first kappa shape index (κ1) is 11.5. The maximum atomic E-state index is 6.12. The lowest BCUT2D eigenvalue weighted by molar-refractivity contribution is 0.106. The summed E-state index contributed by atoms with van der Waals surface area (Å²) in [4.78, 5) is 0. The monoisotopic (exact) mass is 243 g/mol. The molecule has 0 saturated carbocycles. The molecule has 0 aromatic heterocycles. The first-order chi connectivity index (χ1) is 8.81. The van der Waals surface area contributed by atoms with Gasteiger partial charge in [0.05, 0.1) is 13.2 Å². The zero-order chi connectivity index (χ0) is 12.5. The summed E-state index contributed by atoms with van der Waals surface area (Å²) in [6.07, 6.45) is 0.922. The van der Waals surface area contributed by atoms with Gasteiger partial charge in [0.2, 0.25) is 0 Å². The molecular formula is C15H17NO2. The van der Waals surface area contributed by atoms with Crippen LogP contribution in [0, 0.1) is 0 Å². The second-order valence-corrected chi connectivity index (χ2v) is 4.65. The van der Waals surface area contributed by atoms with Crippen molar-refractivity contribution in [2.75, 3.05) is 13.7 Å². The van der Waals surface area contributed by atoms with Crippen molar-refractivity contribution in [2.24, 2.45) is 5.73 Å². The quantitative estimate of drug-likeness (QED) is 0.881. The minimum atomic E-state index is 0.000746. The van der Waals surface area contributed by atoms with E-state index < -0.39 is 0 Å². The maximum absolute atomic E-state index is 6.12. The van der Waals surface area contributed by atoms with E-state index >= 15 is 0 Å². The van der Waals surface area contributed by atoms with Crippen molar-refractivity contribution >= 4 is 10.8 Å². The Morgan fingerprint density at radius 3 is 2.61 bits per heavy atom. The lowest BCUT2D eigenvalue weighted by Crippen LogP contribution is -2.23. The normalized spacial score (nSPS) is 23.4. The van der Waals surface area contributed by atoms with E-state index in [-0.39, 0.29) is 12.1 Å². The van der Waals surface area contributed by atoms with Crippen LogP contribution >= 0.6 is 0 Å². The highest BCUT2D eigenvalue weighted by Crippen LogP contribution is 2.36. The highest BCUT2D eigenvalue weighted by Gasteiger charge is 2.28. The number of rotatable bonds is 2. The lowest BCUT2D eigenvalue weighted by Gasteiger charge is -2.18. The Labute approximate surface area is 106 Å². The van der Waals surface area contributed by atoms with Gasteiger partial charge >= 0.3 is 0 Å². The van der Waals surface area contributed by atoms with Crippen LogP contribution in [0.4, 0.5) is 0 Å². The second kappa shape index (κ2) is 4.59. The molecule has 94 valence electrons. The van der Waals surface area contributed by atoms with Crippen LogP contribution in [0.25, 0.3) is 10.8 Å². The number of nitrogens with two attached hydrogens (primary N) is 1. The van der Waals surface area contributed by atoms with Crippen LogP contribution < -0.4 is 10.5 Å². The first-order valence-corrected chi connectivity index (χ1v) is 6.24. The fourth-order valence-corrected chi connectivity index (χ4v) is 2.65. The van der Waals surface area contributed by atoms with E-state index in [0.717, 1.165) is 29.7 Å². The van der Waals surface area contributed by atoms with Gasteiger partial charge in [0.25, 0.3) is 0 Å². The third kappa shape index (κ3) is 1.76. The zero-order valence-electron chi connectivity index (χ0n) is 10.4. The van der Waals surface area contributed by atoms with Gasteiger partial charge in [-0.3, -0.25) is 0 Å². The van der Waals surface area contributed by atoms with Crippen LogP contribution in [0.2, 0.25) is 0 Å². The number of methoxy groups -OCH3 is 1. The predicted octanol–water partition coefficient (Wildman–Crippen LogP) is 2.64. The molecule has 1 saturated heterocycles. The summed E-state index contributed by atoms with van der Waals surface area (Å²) < 4.78 is 11.2. The molecule has 3 nitrogen and oxygen atoms in total. The molecule has 2 atom stereocenters. The first-order valence-electron chi connectivity index (χ1n) is 6.24. The van der Waals surface area contributed by atoms with Crippen molar-refractivity contribution in [3.05, 3.63) is 42.0 Å². The summed E-state index contributed by atoms with van der Waals surface area (Å²) in [6.45, 7) is 0.742.